The Labute approximate surface area is 188 Å². The van der Waals surface area contributed by atoms with Gasteiger partial charge in [0.15, 0.2) is 6.61 Å². The molecule has 10 heteroatoms. The Bertz CT molecular complexity index is 1050. The van der Waals surface area contributed by atoms with E-state index in [0.717, 1.165) is 11.3 Å². The van der Waals surface area contributed by atoms with Crippen molar-refractivity contribution < 1.29 is 27.5 Å². The van der Waals surface area contributed by atoms with Gasteiger partial charge in [0, 0.05) is 18.8 Å². The SMILES string of the molecule is CCOc1ccc(/C=N/OCC(=O)Nc2ccc(C)c(S(=O)(=O)N3CCOCC3)c2)cc1. The molecule has 1 amide bonds. The molecule has 0 aliphatic carbocycles. The Morgan fingerprint density at radius 3 is 2.59 bits per heavy atom. The first kappa shape index (κ1) is 23.7. The van der Waals surface area contributed by atoms with Crippen molar-refractivity contribution in [3.63, 3.8) is 0 Å². The topological polar surface area (TPSA) is 107 Å². The lowest BCUT2D eigenvalue weighted by Crippen LogP contribution is -2.40. The summed E-state index contributed by atoms with van der Waals surface area (Å²) in [6.45, 7) is 5.25. The lowest BCUT2D eigenvalue weighted by atomic mass is 10.2. The van der Waals surface area contributed by atoms with Crippen molar-refractivity contribution in [2.45, 2.75) is 18.7 Å². The average molecular weight is 462 g/mol. The van der Waals surface area contributed by atoms with Crippen LogP contribution in [0.1, 0.15) is 18.1 Å². The van der Waals surface area contributed by atoms with Gasteiger partial charge < -0.3 is 19.6 Å². The number of nitrogens with zero attached hydrogens (tertiary/aromatic N) is 2. The number of carbonyl (C=O) groups excluding carboxylic acids is 1. The number of anilines is 1. The number of nitrogens with one attached hydrogen (secondary N) is 1. The summed E-state index contributed by atoms with van der Waals surface area (Å²) in [6, 6.07) is 12.0. The van der Waals surface area contributed by atoms with E-state index in [2.05, 4.69) is 10.5 Å². The molecule has 2 aromatic carbocycles. The number of sulfonamides is 1. The zero-order valence-electron chi connectivity index (χ0n) is 18.1. The first-order valence-electron chi connectivity index (χ1n) is 10.3. The number of aryl methyl sites for hydroxylation is 1. The molecule has 0 atom stereocenters. The molecule has 9 nitrogen and oxygen atoms in total. The van der Waals surface area contributed by atoms with Crippen molar-refractivity contribution in [3.8, 4) is 5.75 Å². The van der Waals surface area contributed by atoms with E-state index in [0.29, 0.717) is 44.2 Å². The largest absolute Gasteiger partial charge is 0.494 e. The van der Waals surface area contributed by atoms with Gasteiger partial charge >= 0.3 is 0 Å². The maximum absolute atomic E-state index is 13.0. The number of hydrogen-bond donors (Lipinski definition) is 1. The van der Waals surface area contributed by atoms with Gasteiger partial charge in [-0.05, 0) is 61.4 Å². The number of rotatable bonds is 9. The highest BCUT2D eigenvalue weighted by Gasteiger charge is 2.28. The average Bonchev–Trinajstić information content (AvgIpc) is 2.80. The van der Waals surface area contributed by atoms with E-state index >= 15 is 0 Å². The normalized spacial score (nSPS) is 14.9. The maximum Gasteiger partial charge on any atom is 0.265 e. The second-order valence-corrected chi connectivity index (χ2v) is 8.96. The van der Waals surface area contributed by atoms with Gasteiger partial charge in [0.2, 0.25) is 10.0 Å². The van der Waals surface area contributed by atoms with Crippen LogP contribution in [0, 0.1) is 6.92 Å². The van der Waals surface area contributed by atoms with Crippen LogP contribution in [0.25, 0.3) is 0 Å². The van der Waals surface area contributed by atoms with Crippen molar-refractivity contribution in [1.29, 1.82) is 0 Å². The molecular formula is C22H27N3O6S. The fourth-order valence-electron chi connectivity index (χ4n) is 3.09. The highest BCUT2D eigenvalue weighted by atomic mass is 32.2. The fourth-order valence-corrected chi connectivity index (χ4v) is 4.75. The number of oxime groups is 1. The lowest BCUT2D eigenvalue weighted by Gasteiger charge is -2.26. The first-order chi connectivity index (χ1) is 15.4. The minimum atomic E-state index is -3.67. The molecule has 1 fully saturated rings. The number of hydrogen-bond acceptors (Lipinski definition) is 7. The second kappa shape index (κ2) is 11.1. The van der Waals surface area contributed by atoms with Gasteiger partial charge in [0.1, 0.15) is 5.75 Å². The molecule has 0 aromatic heterocycles. The summed E-state index contributed by atoms with van der Waals surface area (Å²) in [6.07, 6.45) is 1.49. The Kier molecular flexibility index (Phi) is 8.20. The molecule has 0 saturated carbocycles. The standard InChI is InChI=1S/C22H27N3O6S/c1-3-30-20-8-5-18(6-9-20)15-23-31-16-22(26)24-19-7-4-17(2)21(14-19)32(27,28)25-10-12-29-13-11-25/h4-9,14-15H,3,10-13,16H2,1-2H3,(H,24,26)/b23-15+. The summed E-state index contributed by atoms with van der Waals surface area (Å²) >= 11 is 0. The van der Waals surface area contributed by atoms with Gasteiger partial charge in [-0.3, -0.25) is 4.79 Å². The number of ether oxygens (including phenoxy) is 2. The monoisotopic (exact) mass is 461 g/mol. The van der Waals surface area contributed by atoms with Crippen LogP contribution >= 0.6 is 0 Å². The van der Waals surface area contributed by atoms with Gasteiger partial charge in [0.25, 0.3) is 5.91 Å². The molecule has 3 rings (SSSR count). The van der Waals surface area contributed by atoms with Crippen LogP contribution in [0.5, 0.6) is 5.75 Å². The molecular weight excluding hydrogens is 434 g/mol. The van der Waals surface area contributed by atoms with Crippen molar-refractivity contribution in [2.75, 3.05) is 44.8 Å². The summed E-state index contributed by atoms with van der Waals surface area (Å²) in [7, 11) is -3.67. The third kappa shape index (κ3) is 6.28. The third-order valence-corrected chi connectivity index (χ3v) is 6.76. The predicted molar refractivity (Wildman–Crippen MR) is 121 cm³/mol. The Morgan fingerprint density at radius 1 is 1.19 bits per heavy atom. The summed E-state index contributed by atoms with van der Waals surface area (Å²) in [5.74, 6) is 0.311. The zero-order chi connectivity index (χ0) is 23.0. The fraction of sp³-hybridized carbons (Fsp3) is 0.364. The number of carbonyl (C=O) groups is 1. The number of benzene rings is 2. The molecule has 1 aliphatic heterocycles. The number of morpholine rings is 1. The molecule has 0 bridgehead atoms. The molecule has 32 heavy (non-hydrogen) atoms. The van der Waals surface area contributed by atoms with E-state index < -0.39 is 15.9 Å². The van der Waals surface area contributed by atoms with E-state index in [-0.39, 0.29) is 11.5 Å². The van der Waals surface area contributed by atoms with Crippen molar-refractivity contribution in [2.24, 2.45) is 5.16 Å². The Morgan fingerprint density at radius 2 is 1.91 bits per heavy atom. The van der Waals surface area contributed by atoms with E-state index in [9.17, 15) is 13.2 Å². The van der Waals surface area contributed by atoms with E-state index in [1.165, 1.54) is 16.6 Å². The molecule has 1 aliphatic rings. The first-order valence-corrected chi connectivity index (χ1v) is 11.7. The smallest absolute Gasteiger partial charge is 0.265 e. The molecule has 2 aromatic rings. The third-order valence-electron chi connectivity index (χ3n) is 4.72. The van der Waals surface area contributed by atoms with E-state index in [4.69, 9.17) is 14.3 Å². The highest BCUT2D eigenvalue weighted by molar-refractivity contribution is 7.89. The lowest BCUT2D eigenvalue weighted by molar-refractivity contribution is -0.120. The van der Waals surface area contributed by atoms with Crippen molar-refractivity contribution in [3.05, 3.63) is 53.6 Å². The number of amides is 1. The summed E-state index contributed by atoms with van der Waals surface area (Å²) in [4.78, 5) is 17.4. The van der Waals surface area contributed by atoms with Crippen molar-refractivity contribution in [1.82, 2.24) is 4.31 Å². The summed E-state index contributed by atoms with van der Waals surface area (Å²) in [5, 5.41) is 6.43. The molecule has 1 heterocycles. The van der Waals surface area contributed by atoms with Crippen LogP contribution in [0.3, 0.4) is 0 Å². The summed E-state index contributed by atoms with van der Waals surface area (Å²) < 4.78 is 37.9. The van der Waals surface area contributed by atoms with Gasteiger partial charge in [0.05, 0.1) is 30.9 Å². The van der Waals surface area contributed by atoms with E-state index in [1.807, 2.05) is 31.2 Å². The van der Waals surface area contributed by atoms with Crippen LogP contribution in [0.15, 0.2) is 52.5 Å². The van der Waals surface area contributed by atoms with Crippen LogP contribution in [-0.2, 0) is 24.4 Å². The predicted octanol–water partition coefficient (Wildman–Crippen LogP) is 2.40. The molecule has 0 radical (unpaired) electrons. The van der Waals surface area contributed by atoms with Gasteiger partial charge in [-0.2, -0.15) is 4.31 Å². The van der Waals surface area contributed by atoms with Gasteiger partial charge in [-0.15, -0.1) is 0 Å². The molecule has 1 saturated heterocycles. The quantitative estimate of drug-likeness (QED) is 0.454. The zero-order valence-corrected chi connectivity index (χ0v) is 18.9. The molecule has 0 spiro atoms. The highest BCUT2D eigenvalue weighted by Crippen LogP contribution is 2.24. The minimum absolute atomic E-state index is 0.159. The molecule has 0 unspecified atom stereocenters. The van der Waals surface area contributed by atoms with E-state index in [1.54, 1.807) is 19.1 Å². The van der Waals surface area contributed by atoms with Crippen LogP contribution < -0.4 is 10.1 Å². The van der Waals surface area contributed by atoms with Gasteiger partial charge in [-0.1, -0.05) is 11.2 Å². The minimum Gasteiger partial charge on any atom is -0.494 e. The van der Waals surface area contributed by atoms with Gasteiger partial charge in [-0.25, -0.2) is 8.42 Å². The Balaban J connectivity index is 1.56. The Hall–Kier alpha value is -2.95. The summed E-state index contributed by atoms with van der Waals surface area (Å²) in [5.41, 5.74) is 1.77. The molecule has 1 N–H and O–H groups in total. The van der Waals surface area contributed by atoms with Crippen molar-refractivity contribution >= 4 is 27.8 Å². The maximum atomic E-state index is 13.0. The van der Waals surface area contributed by atoms with Crippen LogP contribution in [0.2, 0.25) is 0 Å². The van der Waals surface area contributed by atoms with Crippen LogP contribution in [0.4, 0.5) is 5.69 Å². The van der Waals surface area contributed by atoms with Crippen LogP contribution in [-0.4, -0.2) is 64.4 Å². The second-order valence-electron chi connectivity index (χ2n) is 7.05. The molecule has 172 valence electrons.